The van der Waals surface area contributed by atoms with Crippen LogP contribution in [0, 0.1) is 5.82 Å². The number of carbonyl (C=O) groups is 2. The number of hydrogen-bond donors (Lipinski definition) is 1. The van der Waals surface area contributed by atoms with Gasteiger partial charge in [0.2, 0.25) is 21.8 Å². The number of fused-ring (bicyclic) bond motifs is 1. The first kappa shape index (κ1) is 31.3. The minimum atomic E-state index is -3.93. The van der Waals surface area contributed by atoms with E-state index in [1.807, 2.05) is 30.3 Å². The second-order valence-corrected chi connectivity index (χ2v) is 13.3. The fourth-order valence-corrected chi connectivity index (χ4v) is 6.67. The normalized spacial score (nSPS) is 15.4. The summed E-state index contributed by atoms with van der Waals surface area (Å²) in [5, 5.41) is 3.13. The van der Waals surface area contributed by atoms with E-state index in [-0.39, 0.29) is 36.4 Å². The number of sulfonamides is 1. The van der Waals surface area contributed by atoms with Gasteiger partial charge in [-0.15, -0.1) is 0 Å². The van der Waals surface area contributed by atoms with Crippen LogP contribution in [0.1, 0.15) is 43.7 Å². The van der Waals surface area contributed by atoms with Gasteiger partial charge in [-0.05, 0) is 55.2 Å². The molecule has 1 heterocycles. The Labute approximate surface area is 258 Å². The lowest BCUT2D eigenvalue weighted by Gasteiger charge is -2.34. The molecule has 1 atom stereocenters. The lowest BCUT2D eigenvalue weighted by atomic mass is 10.0. The molecule has 1 N–H and O–H groups in total. The highest BCUT2D eigenvalue weighted by Crippen LogP contribution is 2.35. The van der Waals surface area contributed by atoms with Gasteiger partial charge >= 0.3 is 0 Å². The number of carbonyl (C=O) groups excluding carboxylic acids is 2. The van der Waals surface area contributed by atoms with Crippen LogP contribution in [0.4, 0.5) is 10.1 Å². The number of hydrogen-bond acceptors (Lipinski definition) is 6. The number of benzene rings is 3. The zero-order valence-corrected chi connectivity index (χ0v) is 25.6. The molecule has 1 saturated carbocycles. The number of nitrogens with zero attached hydrogens (tertiary/aromatic N) is 2. The van der Waals surface area contributed by atoms with Crippen LogP contribution in [0.25, 0.3) is 0 Å². The molecule has 3 aromatic rings. The lowest BCUT2D eigenvalue weighted by Crippen LogP contribution is -2.54. The minimum Gasteiger partial charge on any atom is -0.486 e. The smallest absolute Gasteiger partial charge is 0.244 e. The molecular formula is C33H38FN3O6S. The third-order valence-electron chi connectivity index (χ3n) is 8.03. The summed E-state index contributed by atoms with van der Waals surface area (Å²) in [6.07, 6.45) is 3.99. The Morgan fingerprint density at radius 3 is 2.30 bits per heavy atom. The standard InChI is InChI=1S/C33H38FN3O6S/c1-2-44(40,41)37(28-16-17-30-31(21-28)43-19-18-42-30)23-32(38)36(22-25-12-14-26(34)15-13-25)29(20-24-8-4-3-5-9-24)33(39)35-27-10-6-7-11-27/h3-5,8-9,12-17,21,27,29H,2,6-7,10-11,18-20,22-23H2,1H3,(H,35,39). The Kier molecular flexibility index (Phi) is 10.0. The van der Waals surface area contributed by atoms with E-state index in [9.17, 15) is 22.4 Å². The molecule has 1 unspecified atom stereocenters. The second-order valence-electron chi connectivity index (χ2n) is 11.1. The summed E-state index contributed by atoms with van der Waals surface area (Å²) >= 11 is 0. The van der Waals surface area contributed by atoms with E-state index in [1.54, 1.807) is 30.3 Å². The van der Waals surface area contributed by atoms with E-state index in [1.165, 1.54) is 24.0 Å². The van der Waals surface area contributed by atoms with Crippen LogP contribution in [0.5, 0.6) is 11.5 Å². The molecule has 0 aromatic heterocycles. The molecule has 44 heavy (non-hydrogen) atoms. The third-order valence-corrected chi connectivity index (χ3v) is 9.77. The first-order chi connectivity index (χ1) is 21.2. The zero-order valence-electron chi connectivity index (χ0n) is 24.8. The van der Waals surface area contributed by atoms with Gasteiger partial charge in [0.05, 0.1) is 11.4 Å². The van der Waals surface area contributed by atoms with Crippen LogP contribution in [0.3, 0.4) is 0 Å². The monoisotopic (exact) mass is 623 g/mol. The Balaban J connectivity index is 1.51. The summed E-state index contributed by atoms with van der Waals surface area (Å²) < 4.78 is 52.9. The van der Waals surface area contributed by atoms with Crippen molar-refractivity contribution >= 4 is 27.5 Å². The fourth-order valence-electron chi connectivity index (χ4n) is 5.61. The molecule has 1 aliphatic carbocycles. The summed E-state index contributed by atoms with van der Waals surface area (Å²) in [7, 11) is -3.93. The SMILES string of the molecule is CCS(=O)(=O)N(CC(=O)N(Cc1ccc(F)cc1)C(Cc1ccccc1)C(=O)NC1CCCC1)c1ccc2c(c1)OCCO2. The highest BCUT2D eigenvalue weighted by atomic mass is 32.2. The Morgan fingerprint density at radius 2 is 1.61 bits per heavy atom. The molecule has 9 nitrogen and oxygen atoms in total. The van der Waals surface area contributed by atoms with Crippen LogP contribution < -0.4 is 19.1 Å². The van der Waals surface area contributed by atoms with Gasteiger partial charge in [0, 0.05) is 25.1 Å². The highest BCUT2D eigenvalue weighted by Gasteiger charge is 2.35. The van der Waals surface area contributed by atoms with Crippen molar-refractivity contribution in [3.05, 3.63) is 89.7 Å². The van der Waals surface area contributed by atoms with Crippen molar-refractivity contribution in [1.29, 1.82) is 0 Å². The summed E-state index contributed by atoms with van der Waals surface area (Å²) in [5.74, 6) is -0.667. The molecule has 2 aliphatic rings. The number of rotatable bonds is 12. The third kappa shape index (κ3) is 7.68. The largest absolute Gasteiger partial charge is 0.486 e. The number of halogens is 1. The van der Waals surface area contributed by atoms with Crippen LogP contribution in [0.2, 0.25) is 0 Å². The number of ether oxygens (including phenoxy) is 2. The molecule has 0 spiro atoms. The summed E-state index contributed by atoms with van der Waals surface area (Å²) in [4.78, 5) is 29.7. The predicted octanol–water partition coefficient (Wildman–Crippen LogP) is 4.45. The quantitative estimate of drug-likeness (QED) is 0.320. The van der Waals surface area contributed by atoms with Gasteiger partial charge in [0.1, 0.15) is 31.6 Å². The van der Waals surface area contributed by atoms with Gasteiger partial charge in [-0.2, -0.15) is 0 Å². The Morgan fingerprint density at radius 1 is 0.932 bits per heavy atom. The van der Waals surface area contributed by atoms with Crippen molar-refractivity contribution in [2.75, 3.05) is 29.8 Å². The average Bonchev–Trinajstić information content (AvgIpc) is 3.55. The molecule has 2 amide bonds. The van der Waals surface area contributed by atoms with Crippen LogP contribution in [-0.4, -0.2) is 62.7 Å². The van der Waals surface area contributed by atoms with Gasteiger partial charge < -0.3 is 19.7 Å². The number of amides is 2. The molecule has 0 radical (unpaired) electrons. The fraction of sp³-hybridized carbons (Fsp3) is 0.394. The summed E-state index contributed by atoms with van der Waals surface area (Å²) in [6.45, 7) is 1.65. The van der Waals surface area contributed by atoms with Crippen molar-refractivity contribution in [2.24, 2.45) is 0 Å². The molecule has 3 aromatic carbocycles. The molecule has 1 aliphatic heterocycles. The molecule has 11 heteroatoms. The van der Waals surface area contributed by atoms with Gasteiger partial charge in [-0.1, -0.05) is 55.3 Å². The maximum Gasteiger partial charge on any atom is 0.244 e. The van der Waals surface area contributed by atoms with Crippen molar-refractivity contribution < 1.29 is 31.9 Å². The predicted molar refractivity (Wildman–Crippen MR) is 166 cm³/mol. The Hall–Kier alpha value is -4.12. The van der Waals surface area contributed by atoms with Crippen molar-refractivity contribution in [3.63, 3.8) is 0 Å². The number of nitrogens with one attached hydrogen (secondary N) is 1. The maximum atomic E-state index is 14.3. The van der Waals surface area contributed by atoms with Crippen molar-refractivity contribution in [2.45, 2.75) is 57.7 Å². The summed E-state index contributed by atoms with van der Waals surface area (Å²) in [5.41, 5.74) is 1.71. The van der Waals surface area contributed by atoms with Gasteiger partial charge in [-0.25, -0.2) is 12.8 Å². The first-order valence-electron chi connectivity index (χ1n) is 15.0. The lowest BCUT2D eigenvalue weighted by molar-refractivity contribution is -0.140. The zero-order chi connectivity index (χ0) is 31.1. The molecule has 1 fully saturated rings. The van der Waals surface area contributed by atoms with Crippen molar-refractivity contribution in [3.8, 4) is 11.5 Å². The molecule has 5 rings (SSSR count). The number of anilines is 1. The topological polar surface area (TPSA) is 105 Å². The van der Waals surface area contributed by atoms with E-state index in [2.05, 4.69) is 5.32 Å². The first-order valence-corrected chi connectivity index (χ1v) is 16.6. The molecule has 0 bridgehead atoms. The minimum absolute atomic E-state index is 0.0122. The maximum absolute atomic E-state index is 14.3. The molecule has 0 saturated heterocycles. The Bertz CT molecular complexity index is 1550. The van der Waals surface area contributed by atoms with Crippen molar-refractivity contribution in [1.82, 2.24) is 10.2 Å². The van der Waals surface area contributed by atoms with Gasteiger partial charge in [-0.3, -0.25) is 13.9 Å². The van der Waals surface area contributed by atoms with E-state index < -0.39 is 34.3 Å². The van der Waals surface area contributed by atoms with E-state index >= 15 is 0 Å². The van der Waals surface area contributed by atoms with Gasteiger partial charge in [0.15, 0.2) is 11.5 Å². The van der Waals surface area contributed by atoms with Crippen LogP contribution >= 0.6 is 0 Å². The van der Waals surface area contributed by atoms with E-state index in [4.69, 9.17) is 9.47 Å². The van der Waals surface area contributed by atoms with E-state index in [0.29, 0.717) is 30.3 Å². The molecular weight excluding hydrogens is 585 g/mol. The second kappa shape index (κ2) is 14.1. The average molecular weight is 624 g/mol. The summed E-state index contributed by atoms with van der Waals surface area (Å²) in [6, 6.07) is 18.9. The van der Waals surface area contributed by atoms with Gasteiger partial charge in [0.25, 0.3) is 0 Å². The van der Waals surface area contributed by atoms with Crippen LogP contribution in [-0.2, 0) is 32.6 Å². The molecule has 234 valence electrons. The highest BCUT2D eigenvalue weighted by molar-refractivity contribution is 7.92. The van der Waals surface area contributed by atoms with E-state index in [0.717, 1.165) is 35.6 Å². The van der Waals surface area contributed by atoms with Crippen LogP contribution in [0.15, 0.2) is 72.8 Å².